The van der Waals surface area contributed by atoms with Crippen molar-refractivity contribution < 1.29 is 4.92 Å². The van der Waals surface area contributed by atoms with Gasteiger partial charge >= 0.3 is 5.69 Å². The van der Waals surface area contributed by atoms with E-state index in [-0.39, 0.29) is 22.8 Å². The van der Waals surface area contributed by atoms with E-state index in [1.54, 1.807) is 17.5 Å². The molecule has 7 nitrogen and oxygen atoms in total. The average Bonchev–Trinajstić information content (AvgIpc) is 3.00. The fourth-order valence-electron chi connectivity index (χ4n) is 1.98. The maximum absolute atomic E-state index is 12.5. The minimum Gasteiger partial charge on any atom is -0.283 e. The van der Waals surface area contributed by atoms with Crippen molar-refractivity contribution in [3.8, 4) is 0 Å². The van der Waals surface area contributed by atoms with E-state index in [1.165, 1.54) is 34.2 Å². The number of nitrogens with zero attached hydrogens (tertiary/aromatic N) is 4. The predicted octanol–water partition coefficient (Wildman–Crippen LogP) is 3.10. The number of hydrogen-bond donors (Lipinski definition) is 0. The number of rotatable bonds is 5. The van der Waals surface area contributed by atoms with E-state index < -0.39 is 4.92 Å². The summed E-state index contributed by atoms with van der Waals surface area (Å²) < 4.78 is 1.44. The summed E-state index contributed by atoms with van der Waals surface area (Å²) in [6.45, 7) is 3.91. The lowest BCUT2D eigenvalue weighted by Gasteiger charge is -2.09. The van der Waals surface area contributed by atoms with Gasteiger partial charge in [-0.1, -0.05) is 6.08 Å². The lowest BCUT2D eigenvalue weighted by atomic mass is 10.4. The minimum atomic E-state index is -0.505. The molecule has 0 atom stereocenters. The Labute approximate surface area is 138 Å². The maximum Gasteiger partial charge on any atom is 0.301 e. The third-order valence-corrected chi connectivity index (χ3v) is 4.80. The van der Waals surface area contributed by atoms with Crippen LogP contribution >= 0.6 is 23.1 Å². The summed E-state index contributed by atoms with van der Waals surface area (Å²) in [5.41, 5.74) is -0.319. The molecule has 0 spiro atoms. The lowest BCUT2D eigenvalue weighted by Crippen LogP contribution is -2.22. The number of allylic oxidation sites excluding steroid dienone is 1. The van der Waals surface area contributed by atoms with E-state index >= 15 is 0 Å². The molecule has 0 aliphatic rings. The minimum absolute atomic E-state index is 0.122. The van der Waals surface area contributed by atoms with Crippen molar-refractivity contribution in [3.63, 3.8) is 0 Å². The normalized spacial score (nSPS) is 10.8. The first-order valence-corrected chi connectivity index (χ1v) is 8.17. The highest BCUT2D eigenvalue weighted by Crippen LogP contribution is 2.32. The lowest BCUT2D eigenvalue weighted by molar-refractivity contribution is -0.388. The van der Waals surface area contributed by atoms with Crippen LogP contribution in [0.15, 0.2) is 57.4 Å². The Morgan fingerprint density at radius 3 is 3.04 bits per heavy atom. The van der Waals surface area contributed by atoms with Gasteiger partial charge in [-0.15, -0.1) is 17.9 Å². The zero-order valence-electron chi connectivity index (χ0n) is 11.7. The van der Waals surface area contributed by atoms with Crippen LogP contribution in [0.4, 0.5) is 5.69 Å². The first-order valence-electron chi connectivity index (χ1n) is 6.48. The van der Waals surface area contributed by atoms with Crippen LogP contribution in [0.1, 0.15) is 0 Å². The molecule has 0 aromatic carbocycles. The van der Waals surface area contributed by atoms with E-state index in [1.807, 2.05) is 0 Å². The van der Waals surface area contributed by atoms with Gasteiger partial charge < -0.3 is 0 Å². The van der Waals surface area contributed by atoms with Gasteiger partial charge in [0.05, 0.1) is 10.3 Å². The van der Waals surface area contributed by atoms with Gasteiger partial charge in [0, 0.05) is 18.8 Å². The second kappa shape index (κ2) is 6.31. The van der Waals surface area contributed by atoms with Crippen molar-refractivity contribution in [1.82, 2.24) is 14.5 Å². The van der Waals surface area contributed by atoms with E-state index in [2.05, 4.69) is 16.5 Å². The number of aromatic nitrogens is 3. The van der Waals surface area contributed by atoms with Crippen LogP contribution in [0.5, 0.6) is 0 Å². The monoisotopic (exact) mass is 346 g/mol. The van der Waals surface area contributed by atoms with Gasteiger partial charge in [-0.3, -0.25) is 19.5 Å². The quantitative estimate of drug-likeness (QED) is 0.305. The Bertz CT molecular complexity index is 964. The van der Waals surface area contributed by atoms with Crippen LogP contribution in [0.3, 0.4) is 0 Å². The molecule has 0 radical (unpaired) electrons. The second-order valence-corrected chi connectivity index (χ2v) is 6.28. The van der Waals surface area contributed by atoms with E-state index in [9.17, 15) is 14.9 Å². The van der Waals surface area contributed by atoms with Crippen molar-refractivity contribution in [2.24, 2.45) is 0 Å². The first kappa shape index (κ1) is 15.4. The van der Waals surface area contributed by atoms with Crippen molar-refractivity contribution >= 4 is 39.0 Å². The van der Waals surface area contributed by atoms with Gasteiger partial charge in [0.15, 0.2) is 10.2 Å². The molecule has 3 heterocycles. The summed E-state index contributed by atoms with van der Waals surface area (Å²) >= 11 is 2.35. The third-order valence-electron chi connectivity index (χ3n) is 3.00. The maximum atomic E-state index is 12.5. The highest BCUT2D eigenvalue weighted by Gasteiger charge is 2.19. The fourth-order valence-corrected chi connectivity index (χ4v) is 3.74. The number of hydrogen-bond acceptors (Lipinski definition) is 7. The second-order valence-electron chi connectivity index (χ2n) is 4.43. The number of pyridine rings is 1. The molecule has 0 fully saturated rings. The van der Waals surface area contributed by atoms with Crippen LogP contribution < -0.4 is 5.56 Å². The SMILES string of the molecule is C=CCn1c(Sc2ncccc2[N+](=O)[O-])nc2sccc2c1=O. The summed E-state index contributed by atoms with van der Waals surface area (Å²) in [6.07, 6.45) is 3.05. The molecule has 0 bridgehead atoms. The molecule has 0 saturated carbocycles. The van der Waals surface area contributed by atoms with Crippen molar-refractivity contribution in [1.29, 1.82) is 0 Å². The Kier molecular flexibility index (Phi) is 4.22. The predicted molar refractivity (Wildman–Crippen MR) is 89.1 cm³/mol. The molecule has 3 aromatic heterocycles. The van der Waals surface area contributed by atoms with Crippen molar-refractivity contribution in [2.45, 2.75) is 16.7 Å². The molecular formula is C14H10N4O3S2. The van der Waals surface area contributed by atoms with Crippen LogP contribution in [0.2, 0.25) is 0 Å². The van der Waals surface area contributed by atoms with E-state index in [0.717, 1.165) is 11.8 Å². The smallest absolute Gasteiger partial charge is 0.283 e. The molecule has 0 saturated heterocycles. The third kappa shape index (κ3) is 2.88. The molecule has 9 heteroatoms. The molecular weight excluding hydrogens is 336 g/mol. The molecule has 3 rings (SSSR count). The van der Waals surface area contributed by atoms with Crippen LogP contribution in [-0.2, 0) is 6.54 Å². The Hall–Kier alpha value is -2.52. The molecule has 3 aromatic rings. The number of nitro groups is 1. The van der Waals surface area contributed by atoms with E-state index in [4.69, 9.17) is 0 Å². The highest BCUT2D eigenvalue weighted by molar-refractivity contribution is 7.99. The fraction of sp³-hybridized carbons (Fsp3) is 0.0714. The zero-order chi connectivity index (χ0) is 16.4. The molecule has 0 aliphatic carbocycles. The molecule has 0 amide bonds. The summed E-state index contributed by atoms with van der Waals surface area (Å²) in [5.74, 6) is 0. The summed E-state index contributed by atoms with van der Waals surface area (Å²) in [6, 6.07) is 4.58. The van der Waals surface area contributed by atoms with Gasteiger partial charge in [0.2, 0.25) is 0 Å². The molecule has 116 valence electrons. The molecule has 23 heavy (non-hydrogen) atoms. The first-order chi connectivity index (χ1) is 11.1. The Morgan fingerprint density at radius 1 is 1.48 bits per heavy atom. The molecule has 0 unspecified atom stereocenters. The van der Waals surface area contributed by atoms with Crippen LogP contribution in [0, 0.1) is 10.1 Å². The van der Waals surface area contributed by atoms with Crippen molar-refractivity contribution in [2.75, 3.05) is 0 Å². The number of thiophene rings is 1. The van der Waals surface area contributed by atoms with Crippen LogP contribution in [0.25, 0.3) is 10.2 Å². The van der Waals surface area contributed by atoms with Gasteiger partial charge in [-0.05, 0) is 29.3 Å². The standard InChI is InChI=1S/C14H10N4O3S2/c1-2-7-17-13(19)9-5-8-22-11(9)16-14(17)23-12-10(18(20)21)4-3-6-15-12/h2-6,8H,1,7H2. The van der Waals surface area contributed by atoms with E-state index in [0.29, 0.717) is 15.4 Å². The molecule has 0 N–H and O–H groups in total. The van der Waals surface area contributed by atoms with Crippen LogP contribution in [-0.4, -0.2) is 19.5 Å². The summed E-state index contributed by atoms with van der Waals surface area (Å²) in [4.78, 5) is 32.2. The number of fused-ring (bicyclic) bond motifs is 1. The van der Waals surface area contributed by atoms with Gasteiger partial charge in [-0.25, -0.2) is 9.97 Å². The summed E-state index contributed by atoms with van der Waals surface area (Å²) in [5, 5.41) is 14.0. The van der Waals surface area contributed by atoms with Gasteiger partial charge in [0.25, 0.3) is 5.56 Å². The van der Waals surface area contributed by atoms with Crippen molar-refractivity contribution in [3.05, 3.63) is 62.9 Å². The largest absolute Gasteiger partial charge is 0.301 e. The Balaban J connectivity index is 2.16. The topological polar surface area (TPSA) is 90.9 Å². The molecule has 0 aliphatic heterocycles. The summed E-state index contributed by atoms with van der Waals surface area (Å²) in [7, 11) is 0. The van der Waals surface area contributed by atoms with Gasteiger partial charge in [0.1, 0.15) is 4.83 Å². The highest BCUT2D eigenvalue weighted by atomic mass is 32.2. The zero-order valence-corrected chi connectivity index (χ0v) is 13.3. The Morgan fingerprint density at radius 2 is 2.30 bits per heavy atom. The van der Waals surface area contributed by atoms with Gasteiger partial charge in [-0.2, -0.15) is 0 Å². The average molecular weight is 346 g/mol.